The van der Waals surface area contributed by atoms with Crippen molar-refractivity contribution in [2.24, 2.45) is 5.41 Å². The monoisotopic (exact) mass is 285 g/mol. The third-order valence-electron chi connectivity index (χ3n) is 3.55. The summed E-state index contributed by atoms with van der Waals surface area (Å²) in [6.07, 6.45) is 0. The van der Waals surface area contributed by atoms with Gasteiger partial charge in [0.15, 0.2) is 5.78 Å². The van der Waals surface area contributed by atoms with Crippen molar-refractivity contribution in [3.63, 3.8) is 0 Å². The smallest absolute Gasteiger partial charge is 0.170 e. The van der Waals surface area contributed by atoms with Crippen molar-refractivity contribution in [2.75, 3.05) is 18.5 Å². The van der Waals surface area contributed by atoms with Crippen molar-refractivity contribution in [3.8, 4) is 0 Å². The van der Waals surface area contributed by atoms with Crippen LogP contribution in [0.25, 0.3) is 0 Å². The van der Waals surface area contributed by atoms with Crippen LogP contribution in [0.4, 0.5) is 10.1 Å². The highest BCUT2D eigenvalue weighted by atomic mass is 19.1. The minimum absolute atomic E-state index is 0.0614. The average molecular weight is 285 g/mol. The molecule has 2 aromatic carbocycles. The van der Waals surface area contributed by atoms with Crippen LogP contribution in [0.3, 0.4) is 0 Å². The Morgan fingerprint density at radius 2 is 1.62 bits per heavy atom. The number of carbonyl (C=O) groups is 1. The number of rotatable bonds is 5. The highest BCUT2D eigenvalue weighted by Gasteiger charge is 2.30. The first-order valence-corrected chi connectivity index (χ1v) is 6.97. The lowest BCUT2D eigenvalue weighted by molar-refractivity contribution is 0.0845. The Hall–Kier alpha value is -2.16. The van der Waals surface area contributed by atoms with Gasteiger partial charge in [-0.05, 0) is 12.1 Å². The molecular formula is C18H20FNO. The first kappa shape index (κ1) is 15.2. The van der Waals surface area contributed by atoms with Gasteiger partial charge in [-0.15, -0.1) is 0 Å². The Balaban J connectivity index is 2.17. The lowest BCUT2D eigenvalue weighted by Gasteiger charge is -2.30. The van der Waals surface area contributed by atoms with Crippen molar-refractivity contribution < 1.29 is 9.18 Å². The molecule has 110 valence electrons. The Morgan fingerprint density at radius 1 is 1.05 bits per heavy atom. The van der Waals surface area contributed by atoms with Crippen LogP contribution in [0.15, 0.2) is 54.6 Å². The van der Waals surface area contributed by atoms with Crippen LogP contribution in [-0.2, 0) is 0 Å². The zero-order valence-corrected chi connectivity index (χ0v) is 12.6. The summed E-state index contributed by atoms with van der Waals surface area (Å²) in [5.74, 6) is -0.214. The lowest BCUT2D eigenvalue weighted by Crippen LogP contribution is -2.37. The number of para-hydroxylation sites is 1. The summed E-state index contributed by atoms with van der Waals surface area (Å²) in [5, 5.41) is 0. The molecule has 0 N–H and O–H groups in total. The normalized spacial score (nSPS) is 11.2. The second kappa shape index (κ2) is 6.08. The molecule has 0 saturated carbocycles. The number of Topliss-reactive ketones (excluding diaryl/α,β-unsaturated/α-hetero) is 1. The fourth-order valence-electron chi connectivity index (χ4n) is 2.49. The Bertz CT molecular complexity index is 622. The number of nitrogens with zero attached hydrogens (tertiary/aromatic N) is 1. The fraction of sp³-hybridized carbons (Fsp3) is 0.278. The van der Waals surface area contributed by atoms with E-state index in [1.807, 2.05) is 44.2 Å². The standard InChI is InChI=1S/C18H20FNO/c1-18(2,17(21)14-9-5-4-6-10-14)13-20(3)16-12-8-7-11-15(16)19/h4-12H,13H2,1-3H3. The van der Waals surface area contributed by atoms with E-state index in [0.29, 0.717) is 17.8 Å². The molecule has 0 saturated heterocycles. The lowest BCUT2D eigenvalue weighted by atomic mass is 9.83. The maximum Gasteiger partial charge on any atom is 0.170 e. The van der Waals surface area contributed by atoms with Gasteiger partial charge in [0.25, 0.3) is 0 Å². The zero-order valence-electron chi connectivity index (χ0n) is 12.6. The molecule has 0 radical (unpaired) electrons. The fourth-order valence-corrected chi connectivity index (χ4v) is 2.49. The number of anilines is 1. The van der Waals surface area contributed by atoms with E-state index in [2.05, 4.69) is 0 Å². The van der Waals surface area contributed by atoms with E-state index in [0.717, 1.165) is 0 Å². The molecule has 0 fully saturated rings. The molecule has 21 heavy (non-hydrogen) atoms. The number of carbonyl (C=O) groups excluding carboxylic acids is 1. The van der Waals surface area contributed by atoms with Gasteiger partial charge < -0.3 is 4.90 Å². The summed E-state index contributed by atoms with van der Waals surface area (Å²) in [5.41, 5.74) is 0.592. The van der Waals surface area contributed by atoms with E-state index < -0.39 is 5.41 Å². The molecule has 2 rings (SSSR count). The summed E-state index contributed by atoms with van der Waals surface area (Å²) >= 11 is 0. The van der Waals surface area contributed by atoms with Crippen LogP contribution in [-0.4, -0.2) is 19.4 Å². The molecule has 2 aromatic rings. The first-order chi connectivity index (χ1) is 9.92. The predicted octanol–water partition coefficient (Wildman–Crippen LogP) is 4.17. The topological polar surface area (TPSA) is 20.3 Å². The molecule has 0 bridgehead atoms. The Morgan fingerprint density at radius 3 is 2.24 bits per heavy atom. The number of benzene rings is 2. The molecular weight excluding hydrogens is 265 g/mol. The van der Waals surface area contributed by atoms with Gasteiger partial charge in [0.1, 0.15) is 5.82 Å². The molecule has 0 unspecified atom stereocenters. The molecule has 0 heterocycles. The van der Waals surface area contributed by atoms with Crippen LogP contribution >= 0.6 is 0 Å². The second-order valence-electron chi connectivity index (χ2n) is 5.89. The van der Waals surface area contributed by atoms with Gasteiger partial charge >= 0.3 is 0 Å². The number of halogens is 1. The minimum Gasteiger partial charge on any atom is -0.371 e. The van der Waals surface area contributed by atoms with Gasteiger partial charge in [0, 0.05) is 24.6 Å². The molecule has 0 spiro atoms. The van der Waals surface area contributed by atoms with E-state index in [-0.39, 0.29) is 11.6 Å². The van der Waals surface area contributed by atoms with Crippen LogP contribution < -0.4 is 4.90 Å². The zero-order chi connectivity index (χ0) is 15.5. The second-order valence-corrected chi connectivity index (χ2v) is 5.89. The Labute approximate surface area is 125 Å². The summed E-state index contributed by atoms with van der Waals surface area (Å²) < 4.78 is 13.8. The van der Waals surface area contributed by atoms with Gasteiger partial charge in [-0.25, -0.2) is 4.39 Å². The highest BCUT2D eigenvalue weighted by Crippen LogP contribution is 2.26. The molecule has 3 heteroatoms. The first-order valence-electron chi connectivity index (χ1n) is 6.97. The van der Waals surface area contributed by atoms with Gasteiger partial charge in [0.2, 0.25) is 0 Å². The summed E-state index contributed by atoms with van der Waals surface area (Å²) in [4.78, 5) is 14.4. The summed E-state index contributed by atoms with van der Waals surface area (Å²) in [6.45, 7) is 4.22. The van der Waals surface area contributed by atoms with Gasteiger partial charge in [-0.1, -0.05) is 56.3 Å². The van der Waals surface area contributed by atoms with E-state index >= 15 is 0 Å². The molecule has 0 atom stereocenters. The molecule has 2 nitrogen and oxygen atoms in total. The largest absolute Gasteiger partial charge is 0.371 e. The van der Waals surface area contributed by atoms with Crippen molar-refractivity contribution in [1.82, 2.24) is 0 Å². The van der Waals surface area contributed by atoms with Crippen molar-refractivity contribution in [1.29, 1.82) is 0 Å². The molecule has 0 aliphatic rings. The molecule has 0 aliphatic carbocycles. The average Bonchev–Trinajstić information content (AvgIpc) is 2.47. The van der Waals surface area contributed by atoms with E-state index in [4.69, 9.17) is 0 Å². The van der Waals surface area contributed by atoms with Crippen LogP contribution in [0.5, 0.6) is 0 Å². The molecule has 0 aromatic heterocycles. The predicted molar refractivity (Wildman–Crippen MR) is 84.2 cm³/mol. The van der Waals surface area contributed by atoms with Crippen LogP contribution in [0.1, 0.15) is 24.2 Å². The summed E-state index contributed by atoms with van der Waals surface area (Å²) in [6, 6.07) is 15.8. The van der Waals surface area contributed by atoms with Gasteiger partial charge in [-0.3, -0.25) is 4.79 Å². The van der Waals surface area contributed by atoms with Crippen molar-refractivity contribution >= 4 is 11.5 Å². The third-order valence-corrected chi connectivity index (χ3v) is 3.55. The minimum atomic E-state index is -0.599. The van der Waals surface area contributed by atoms with Crippen LogP contribution in [0, 0.1) is 11.2 Å². The summed E-state index contributed by atoms with van der Waals surface area (Å²) in [7, 11) is 1.80. The number of ketones is 1. The third kappa shape index (κ3) is 3.48. The maximum absolute atomic E-state index is 13.8. The highest BCUT2D eigenvalue weighted by molar-refractivity contribution is 6.00. The number of hydrogen-bond acceptors (Lipinski definition) is 2. The number of hydrogen-bond donors (Lipinski definition) is 0. The Kier molecular flexibility index (Phi) is 4.41. The SMILES string of the molecule is CN(CC(C)(C)C(=O)c1ccccc1)c1ccccc1F. The molecule has 0 aliphatic heterocycles. The quantitative estimate of drug-likeness (QED) is 0.768. The van der Waals surface area contributed by atoms with Gasteiger partial charge in [-0.2, -0.15) is 0 Å². The van der Waals surface area contributed by atoms with E-state index in [1.54, 1.807) is 30.1 Å². The van der Waals surface area contributed by atoms with Gasteiger partial charge in [0.05, 0.1) is 5.69 Å². The molecule has 0 amide bonds. The van der Waals surface area contributed by atoms with Crippen LogP contribution in [0.2, 0.25) is 0 Å². The van der Waals surface area contributed by atoms with Crippen molar-refractivity contribution in [2.45, 2.75) is 13.8 Å². The van der Waals surface area contributed by atoms with E-state index in [1.165, 1.54) is 6.07 Å². The maximum atomic E-state index is 13.8. The van der Waals surface area contributed by atoms with E-state index in [9.17, 15) is 9.18 Å². The van der Waals surface area contributed by atoms with Crippen molar-refractivity contribution in [3.05, 3.63) is 66.0 Å².